The van der Waals surface area contributed by atoms with Gasteiger partial charge in [0.2, 0.25) is 0 Å². The second kappa shape index (κ2) is 5.51. The lowest BCUT2D eigenvalue weighted by atomic mass is 10.1. The van der Waals surface area contributed by atoms with Crippen LogP contribution in [0.3, 0.4) is 0 Å². The predicted octanol–water partition coefficient (Wildman–Crippen LogP) is 5.46. The van der Waals surface area contributed by atoms with E-state index in [9.17, 15) is 4.79 Å². The van der Waals surface area contributed by atoms with Crippen LogP contribution < -0.4 is 4.74 Å². The monoisotopic (exact) mass is 316 g/mol. The topological polar surface area (TPSA) is 26.3 Å². The van der Waals surface area contributed by atoms with Crippen LogP contribution in [0.4, 0.5) is 0 Å². The Hall–Kier alpha value is -1.84. The van der Waals surface area contributed by atoms with E-state index in [1.807, 2.05) is 6.07 Å². The van der Waals surface area contributed by atoms with Gasteiger partial charge in [0, 0.05) is 28.1 Å². The highest BCUT2D eigenvalue weighted by Crippen LogP contribution is 2.38. The van der Waals surface area contributed by atoms with Crippen molar-refractivity contribution in [1.29, 1.82) is 0 Å². The molecule has 0 saturated heterocycles. The predicted molar refractivity (Wildman–Crippen MR) is 88.3 cm³/mol. The smallest absolute Gasteiger partial charge is 0.308 e. The highest BCUT2D eigenvalue weighted by atomic mass is 35.5. The first-order valence-electron chi connectivity index (χ1n) is 6.51. The molecule has 0 aliphatic rings. The van der Waals surface area contributed by atoms with Gasteiger partial charge in [-0.05, 0) is 42.1 Å². The third-order valence-corrected chi connectivity index (χ3v) is 4.59. The van der Waals surface area contributed by atoms with E-state index in [-0.39, 0.29) is 5.97 Å². The fourth-order valence-corrected chi connectivity index (χ4v) is 3.72. The molecule has 4 heteroatoms. The summed E-state index contributed by atoms with van der Waals surface area (Å²) in [5, 5.41) is 1.79. The number of rotatable bonds is 2. The molecule has 106 valence electrons. The molecule has 2 nitrogen and oxygen atoms in total. The molecule has 0 radical (unpaired) electrons. The second-order valence-corrected chi connectivity index (χ2v) is 6.38. The second-order valence-electron chi connectivity index (χ2n) is 4.89. The van der Waals surface area contributed by atoms with Crippen LogP contribution in [0.1, 0.15) is 12.5 Å². The molecule has 3 aromatic rings. The Morgan fingerprint density at radius 3 is 2.67 bits per heavy atom. The van der Waals surface area contributed by atoms with Crippen molar-refractivity contribution in [3.8, 4) is 16.2 Å². The van der Waals surface area contributed by atoms with Gasteiger partial charge in [-0.1, -0.05) is 23.7 Å². The van der Waals surface area contributed by atoms with Gasteiger partial charge in [0.15, 0.2) is 0 Å². The van der Waals surface area contributed by atoms with E-state index in [2.05, 4.69) is 31.2 Å². The zero-order valence-corrected chi connectivity index (χ0v) is 13.2. The Bertz CT molecular complexity index is 836. The van der Waals surface area contributed by atoms with Crippen LogP contribution in [-0.4, -0.2) is 5.97 Å². The average Bonchev–Trinajstić information content (AvgIpc) is 2.80. The maximum absolute atomic E-state index is 11.0. The number of hydrogen-bond acceptors (Lipinski definition) is 3. The lowest BCUT2D eigenvalue weighted by Gasteiger charge is -2.05. The normalized spacial score (nSPS) is 10.8. The number of ether oxygens (including phenoxy) is 1. The molecule has 0 unspecified atom stereocenters. The van der Waals surface area contributed by atoms with Crippen LogP contribution in [0.25, 0.3) is 20.5 Å². The van der Waals surface area contributed by atoms with Crippen LogP contribution >= 0.6 is 22.9 Å². The summed E-state index contributed by atoms with van der Waals surface area (Å²) in [4.78, 5) is 12.1. The molecule has 0 aliphatic carbocycles. The highest BCUT2D eigenvalue weighted by Gasteiger charge is 2.10. The molecule has 0 fully saturated rings. The largest absolute Gasteiger partial charge is 0.427 e. The summed E-state index contributed by atoms with van der Waals surface area (Å²) >= 11 is 8.03. The quantitative estimate of drug-likeness (QED) is 0.464. The van der Waals surface area contributed by atoms with Crippen molar-refractivity contribution in [2.45, 2.75) is 13.8 Å². The summed E-state index contributed by atoms with van der Waals surface area (Å²) in [5.74, 6) is 0.115. The summed E-state index contributed by atoms with van der Waals surface area (Å²) in [5.41, 5.74) is 2.19. The Labute approximate surface area is 131 Å². The molecule has 0 aliphatic heterocycles. The number of esters is 1. The molecule has 0 spiro atoms. The lowest BCUT2D eigenvalue weighted by Crippen LogP contribution is -2.01. The number of carbonyl (C=O) groups excluding carboxylic acids is 1. The minimum absolute atomic E-state index is 0.351. The maximum Gasteiger partial charge on any atom is 0.308 e. The number of halogens is 1. The number of benzene rings is 2. The van der Waals surface area contributed by atoms with E-state index >= 15 is 0 Å². The van der Waals surface area contributed by atoms with E-state index < -0.39 is 0 Å². The Morgan fingerprint density at radius 1 is 1.14 bits per heavy atom. The fourth-order valence-electron chi connectivity index (χ4n) is 2.20. The zero-order chi connectivity index (χ0) is 15.0. The Morgan fingerprint density at radius 2 is 1.95 bits per heavy atom. The minimum atomic E-state index is -0.351. The molecule has 0 saturated carbocycles. The molecule has 0 N–H and O–H groups in total. The first-order chi connectivity index (χ1) is 10.0. The third kappa shape index (κ3) is 2.94. The van der Waals surface area contributed by atoms with Gasteiger partial charge in [0.25, 0.3) is 0 Å². The van der Waals surface area contributed by atoms with Crippen LogP contribution in [-0.2, 0) is 4.79 Å². The van der Waals surface area contributed by atoms with Crippen LogP contribution in [0.2, 0.25) is 5.02 Å². The Kier molecular flexibility index (Phi) is 3.70. The van der Waals surface area contributed by atoms with E-state index in [1.54, 1.807) is 23.5 Å². The van der Waals surface area contributed by atoms with E-state index in [1.165, 1.54) is 22.6 Å². The van der Waals surface area contributed by atoms with Crippen molar-refractivity contribution < 1.29 is 9.53 Å². The summed E-state index contributed by atoms with van der Waals surface area (Å²) in [6.07, 6.45) is 0. The standard InChI is InChI=1S/C17H13ClO2S/c1-10-3-4-12-8-17(21-16(12)7-10)14-6-5-13(9-15(14)18)20-11(2)19/h3-9H,1-2H3. The molecule has 0 bridgehead atoms. The maximum atomic E-state index is 11.0. The third-order valence-electron chi connectivity index (χ3n) is 3.14. The molecule has 21 heavy (non-hydrogen) atoms. The molecule has 1 heterocycles. The van der Waals surface area contributed by atoms with E-state index in [0.717, 1.165) is 10.4 Å². The van der Waals surface area contributed by atoms with Crippen molar-refractivity contribution in [3.05, 3.63) is 53.1 Å². The SMILES string of the molecule is CC(=O)Oc1ccc(-c2cc3ccc(C)cc3s2)c(Cl)c1. The molecular formula is C17H13ClO2S. The zero-order valence-electron chi connectivity index (χ0n) is 11.6. The first-order valence-corrected chi connectivity index (χ1v) is 7.71. The van der Waals surface area contributed by atoms with Gasteiger partial charge in [0.05, 0.1) is 5.02 Å². The van der Waals surface area contributed by atoms with Gasteiger partial charge in [-0.3, -0.25) is 4.79 Å². The van der Waals surface area contributed by atoms with Crippen molar-refractivity contribution in [1.82, 2.24) is 0 Å². The van der Waals surface area contributed by atoms with E-state index in [0.29, 0.717) is 10.8 Å². The summed E-state index contributed by atoms with van der Waals surface area (Å²) in [6, 6.07) is 13.8. The molecule has 1 aromatic heterocycles. The minimum Gasteiger partial charge on any atom is -0.427 e. The van der Waals surface area contributed by atoms with Crippen LogP contribution in [0, 0.1) is 6.92 Å². The van der Waals surface area contributed by atoms with Crippen molar-refractivity contribution in [2.75, 3.05) is 0 Å². The van der Waals surface area contributed by atoms with Crippen LogP contribution in [0.5, 0.6) is 5.75 Å². The number of fused-ring (bicyclic) bond motifs is 1. The summed E-state index contributed by atoms with van der Waals surface area (Å²) in [7, 11) is 0. The number of hydrogen-bond donors (Lipinski definition) is 0. The van der Waals surface area contributed by atoms with Crippen LogP contribution in [0.15, 0.2) is 42.5 Å². The lowest BCUT2D eigenvalue weighted by molar-refractivity contribution is -0.131. The molecule has 0 atom stereocenters. The first kappa shape index (κ1) is 14.1. The summed E-state index contributed by atoms with van der Waals surface area (Å²) < 4.78 is 6.28. The van der Waals surface area contributed by atoms with Gasteiger partial charge in [0.1, 0.15) is 5.75 Å². The highest BCUT2D eigenvalue weighted by molar-refractivity contribution is 7.22. The van der Waals surface area contributed by atoms with Gasteiger partial charge >= 0.3 is 5.97 Å². The van der Waals surface area contributed by atoms with Gasteiger partial charge in [-0.15, -0.1) is 11.3 Å². The number of carbonyl (C=O) groups is 1. The molecule has 0 amide bonds. The average molecular weight is 317 g/mol. The molecular weight excluding hydrogens is 304 g/mol. The number of thiophene rings is 1. The molecule has 3 rings (SSSR count). The number of aryl methyl sites for hydroxylation is 1. The summed E-state index contributed by atoms with van der Waals surface area (Å²) in [6.45, 7) is 3.45. The molecule has 2 aromatic carbocycles. The van der Waals surface area contributed by atoms with Crippen molar-refractivity contribution >= 4 is 39.0 Å². The van der Waals surface area contributed by atoms with Crippen molar-refractivity contribution in [2.24, 2.45) is 0 Å². The Balaban J connectivity index is 2.03. The fraction of sp³-hybridized carbons (Fsp3) is 0.118. The van der Waals surface area contributed by atoms with Gasteiger partial charge < -0.3 is 4.74 Å². The van der Waals surface area contributed by atoms with Crippen molar-refractivity contribution in [3.63, 3.8) is 0 Å². The van der Waals surface area contributed by atoms with Gasteiger partial charge in [-0.2, -0.15) is 0 Å². The van der Waals surface area contributed by atoms with E-state index in [4.69, 9.17) is 16.3 Å². The van der Waals surface area contributed by atoms with Gasteiger partial charge in [-0.25, -0.2) is 0 Å².